The highest BCUT2D eigenvalue weighted by atomic mass is 16.5. The minimum absolute atomic E-state index is 0.0287. The van der Waals surface area contributed by atoms with Crippen molar-refractivity contribution in [2.24, 2.45) is 7.05 Å². The van der Waals surface area contributed by atoms with Crippen LogP contribution < -0.4 is 21.3 Å². The van der Waals surface area contributed by atoms with Crippen LogP contribution in [0.3, 0.4) is 0 Å². The number of ether oxygens (including phenoxy) is 1. The standard InChI is InChI=1S/C16H20N6O4/c1-21-14(23)11(8-17-16(21)25)15(24)22-5-3-10(4-6-22)20-12-7-13(26-2)19-9-18-12/h7-10H,3-6H2,1-2H3,(H,17,25)(H,18,19,20). The number of anilines is 1. The number of carbonyl (C=O) groups is 1. The largest absolute Gasteiger partial charge is 0.481 e. The first-order valence-corrected chi connectivity index (χ1v) is 8.20. The molecule has 0 radical (unpaired) electrons. The summed E-state index contributed by atoms with van der Waals surface area (Å²) < 4.78 is 5.96. The van der Waals surface area contributed by atoms with Crippen molar-refractivity contribution in [2.45, 2.75) is 18.9 Å². The Morgan fingerprint density at radius 1 is 1.31 bits per heavy atom. The van der Waals surface area contributed by atoms with Gasteiger partial charge in [-0.2, -0.15) is 0 Å². The van der Waals surface area contributed by atoms with Crippen LogP contribution in [0.4, 0.5) is 5.82 Å². The summed E-state index contributed by atoms with van der Waals surface area (Å²) in [7, 11) is 2.88. The third kappa shape index (κ3) is 3.58. The van der Waals surface area contributed by atoms with Crippen molar-refractivity contribution in [3.8, 4) is 5.88 Å². The second-order valence-electron chi connectivity index (χ2n) is 6.03. The Morgan fingerprint density at radius 2 is 2.04 bits per heavy atom. The second kappa shape index (κ2) is 7.38. The molecular weight excluding hydrogens is 340 g/mol. The minimum atomic E-state index is -0.591. The molecule has 1 amide bonds. The number of nitrogens with one attached hydrogen (secondary N) is 2. The fourth-order valence-electron chi connectivity index (χ4n) is 2.86. The molecule has 0 aromatic carbocycles. The van der Waals surface area contributed by atoms with E-state index < -0.39 is 11.2 Å². The number of H-pyrrole nitrogens is 1. The van der Waals surface area contributed by atoms with Gasteiger partial charge in [-0.25, -0.2) is 14.8 Å². The van der Waals surface area contributed by atoms with Crippen LogP contribution >= 0.6 is 0 Å². The van der Waals surface area contributed by atoms with Crippen LogP contribution in [-0.2, 0) is 7.05 Å². The molecule has 0 saturated carbocycles. The van der Waals surface area contributed by atoms with Gasteiger partial charge in [0.2, 0.25) is 5.88 Å². The van der Waals surface area contributed by atoms with Gasteiger partial charge in [-0.05, 0) is 12.8 Å². The molecule has 0 spiro atoms. The van der Waals surface area contributed by atoms with Crippen molar-refractivity contribution in [1.29, 1.82) is 0 Å². The Labute approximate surface area is 148 Å². The molecule has 3 heterocycles. The summed E-state index contributed by atoms with van der Waals surface area (Å²) >= 11 is 0. The van der Waals surface area contributed by atoms with Gasteiger partial charge < -0.3 is 19.9 Å². The van der Waals surface area contributed by atoms with E-state index in [-0.39, 0.29) is 17.5 Å². The quantitative estimate of drug-likeness (QED) is 0.760. The summed E-state index contributed by atoms with van der Waals surface area (Å²) in [6.07, 6.45) is 4.03. The fraction of sp³-hybridized carbons (Fsp3) is 0.438. The van der Waals surface area contributed by atoms with Crippen LogP contribution in [0, 0.1) is 0 Å². The van der Waals surface area contributed by atoms with E-state index in [0.29, 0.717) is 37.6 Å². The number of aromatic amines is 1. The summed E-state index contributed by atoms with van der Waals surface area (Å²) in [6, 6.07) is 1.86. The van der Waals surface area contributed by atoms with Crippen molar-refractivity contribution in [2.75, 3.05) is 25.5 Å². The van der Waals surface area contributed by atoms with Crippen molar-refractivity contribution in [1.82, 2.24) is 24.4 Å². The molecule has 0 unspecified atom stereocenters. The lowest BCUT2D eigenvalue weighted by Crippen LogP contribution is -2.45. The Bertz CT molecular complexity index is 913. The molecule has 0 aliphatic carbocycles. The molecule has 1 aliphatic rings. The summed E-state index contributed by atoms with van der Waals surface area (Å²) in [5.41, 5.74) is -1.17. The van der Waals surface area contributed by atoms with Gasteiger partial charge in [0.15, 0.2) is 0 Å². The number of aromatic nitrogens is 4. The lowest BCUT2D eigenvalue weighted by molar-refractivity contribution is 0.0715. The summed E-state index contributed by atoms with van der Waals surface area (Å²) in [6.45, 7) is 1.00. The summed E-state index contributed by atoms with van der Waals surface area (Å²) in [4.78, 5) is 48.2. The van der Waals surface area contributed by atoms with E-state index in [1.54, 1.807) is 11.0 Å². The van der Waals surface area contributed by atoms with E-state index in [1.165, 1.54) is 26.7 Å². The molecule has 2 aromatic rings. The molecule has 2 N–H and O–H groups in total. The molecular formula is C16H20N6O4. The van der Waals surface area contributed by atoms with Crippen molar-refractivity contribution < 1.29 is 9.53 Å². The normalized spacial score (nSPS) is 14.9. The molecule has 26 heavy (non-hydrogen) atoms. The number of carbonyl (C=O) groups excluding carboxylic acids is 1. The van der Waals surface area contributed by atoms with E-state index in [4.69, 9.17) is 4.74 Å². The van der Waals surface area contributed by atoms with Crippen LogP contribution in [0.15, 0.2) is 28.2 Å². The lowest BCUT2D eigenvalue weighted by Gasteiger charge is -2.32. The smallest absolute Gasteiger partial charge is 0.328 e. The van der Waals surface area contributed by atoms with Crippen molar-refractivity contribution >= 4 is 11.7 Å². The van der Waals surface area contributed by atoms with E-state index in [9.17, 15) is 14.4 Å². The maximum Gasteiger partial charge on any atom is 0.328 e. The zero-order valence-corrected chi connectivity index (χ0v) is 14.6. The van der Waals surface area contributed by atoms with Gasteiger partial charge in [-0.3, -0.25) is 14.2 Å². The van der Waals surface area contributed by atoms with E-state index in [0.717, 1.165) is 4.57 Å². The lowest BCUT2D eigenvalue weighted by atomic mass is 10.0. The first-order valence-electron chi connectivity index (χ1n) is 8.20. The Balaban J connectivity index is 1.63. The fourth-order valence-corrected chi connectivity index (χ4v) is 2.86. The van der Waals surface area contributed by atoms with Crippen LogP contribution in [-0.4, -0.2) is 56.6 Å². The molecule has 3 rings (SSSR count). The van der Waals surface area contributed by atoms with Crippen LogP contribution in [0.5, 0.6) is 5.88 Å². The highest BCUT2D eigenvalue weighted by molar-refractivity contribution is 5.93. The number of methoxy groups -OCH3 is 1. The Morgan fingerprint density at radius 3 is 2.73 bits per heavy atom. The number of likely N-dealkylation sites (tertiary alicyclic amines) is 1. The average Bonchev–Trinajstić information content (AvgIpc) is 2.66. The maximum absolute atomic E-state index is 12.6. The van der Waals surface area contributed by atoms with Crippen molar-refractivity contribution in [3.05, 3.63) is 45.0 Å². The summed E-state index contributed by atoms with van der Waals surface area (Å²) in [5.74, 6) is 0.768. The molecule has 10 nitrogen and oxygen atoms in total. The Kier molecular flexibility index (Phi) is 5.01. The number of amides is 1. The molecule has 138 valence electrons. The minimum Gasteiger partial charge on any atom is -0.481 e. The van der Waals surface area contributed by atoms with Gasteiger partial charge in [0.25, 0.3) is 11.5 Å². The number of piperidine rings is 1. The highest BCUT2D eigenvalue weighted by Crippen LogP contribution is 2.18. The van der Waals surface area contributed by atoms with Gasteiger partial charge >= 0.3 is 5.69 Å². The zero-order valence-electron chi connectivity index (χ0n) is 14.6. The van der Waals surface area contributed by atoms with E-state index in [2.05, 4.69) is 20.3 Å². The molecule has 0 atom stereocenters. The van der Waals surface area contributed by atoms with Gasteiger partial charge in [0, 0.05) is 38.4 Å². The number of rotatable bonds is 4. The van der Waals surface area contributed by atoms with Crippen LogP contribution in [0.2, 0.25) is 0 Å². The topological polar surface area (TPSA) is 122 Å². The number of hydrogen-bond acceptors (Lipinski definition) is 7. The van der Waals surface area contributed by atoms with Crippen LogP contribution in [0.25, 0.3) is 0 Å². The SMILES string of the molecule is COc1cc(NC2CCN(C(=O)c3c[nH]c(=O)n(C)c3=O)CC2)ncn1. The zero-order chi connectivity index (χ0) is 18.7. The van der Waals surface area contributed by atoms with Crippen LogP contribution in [0.1, 0.15) is 23.2 Å². The number of nitrogens with zero attached hydrogens (tertiary/aromatic N) is 4. The van der Waals surface area contributed by atoms with Gasteiger partial charge in [-0.15, -0.1) is 0 Å². The average molecular weight is 360 g/mol. The van der Waals surface area contributed by atoms with Gasteiger partial charge in [0.05, 0.1) is 7.11 Å². The monoisotopic (exact) mass is 360 g/mol. The molecule has 10 heteroatoms. The first-order chi connectivity index (χ1) is 12.5. The Hall–Kier alpha value is -3.17. The van der Waals surface area contributed by atoms with Crippen molar-refractivity contribution in [3.63, 3.8) is 0 Å². The van der Waals surface area contributed by atoms with Gasteiger partial charge in [-0.1, -0.05) is 0 Å². The molecule has 1 fully saturated rings. The molecule has 2 aromatic heterocycles. The van der Waals surface area contributed by atoms with E-state index in [1.807, 2.05) is 0 Å². The number of hydrogen-bond donors (Lipinski definition) is 2. The molecule has 1 aliphatic heterocycles. The third-order valence-electron chi connectivity index (χ3n) is 4.40. The molecule has 0 bridgehead atoms. The third-order valence-corrected chi connectivity index (χ3v) is 4.40. The maximum atomic E-state index is 12.6. The first kappa shape index (κ1) is 17.6. The predicted molar refractivity (Wildman–Crippen MR) is 93.4 cm³/mol. The second-order valence-corrected chi connectivity index (χ2v) is 6.03. The highest BCUT2D eigenvalue weighted by Gasteiger charge is 2.26. The molecule has 1 saturated heterocycles. The van der Waals surface area contributed by atoms with Gasteiger partial charge in [0.1, 0.15) is 17.7 Å². The summed E-state index contributed by atoms with van der Waals surface area (Å²) in [5, 5.41) is 3.30. The van der Waals surface area contributed by atoms with E-state index >= 15 is 0 Å². The predicted octanol–water partition coefficient (Wildman–Crippen LogP) is -0.411.